The lowest BCUT2D eigenvalue weighted by Gasteiger charge is -2.45. The number of methoxy groups -OCH3 is 1. The molecule has 0 bridgehead atoms. The number of Topliss-reactive ketones (excluding diaryl/α,β-unsaturated/α-hetero) is 1. The number of hydrogen-bond acceptors (Lipinski definition) is 6. The summed E-state index contributed by atoms with van der Waals surface area (Å²) in [5, 5.41) is 11.6. The molecule has 2 aromatic heterocycles. The second-order valence-corrected chi connectivity index (χ2v) is 10.7. The third-order valence-corrected chi connectivity index (χ3v) is 8.07. The average Bonchev–Trinajstić information content (AvgIpc) is 3.01. The molecule has 182 valence electrons. The van der Waals surface area contributed by atoms with Crippen LogP contribution < -0.4 is 4.74 Å². The summed E-state index contributed by atoms with van der Waals surface area (Å²) in [6, 6.07) is 10.2. The van der Waals surface area contributed by atoms with E-state index in [2.05, 4.69) is 46.0 Å². The molecule has 0 amide bonds. The molecule has 1 saturated heterocycles. The van der Waals surface area contributed by atoms with E-state index in [-0.39, 0.29) is 11.7 Å². The van der Waals surface area contributed by atoms with E-state index in [4.69, 9.17) is 9.72 Å². The number of nitrogens with zero attached hydrogens (tertiary/aromatic N) is 3. The molecule has 1 aliphatic carbocycles. The predicted octanol–water partition coefficient (Wildman–Crippen LogP) is 5.07. The Labute approximate surface area is 214 Å². The fraction of sp³-hybridized carbons (Fsp3) is 0.393. The van der Waals surface area contributed by atoms with Crippen LogP contribution in [0.1, 0.15) is 52.3 Å². The van der Waals surface area contributed by atoms with Gasteiger partial charge in [0.1, 0.15) is 11.5 Å². The van der Waals surface area contributed by atoms with E-state index in [0.717, 1.165) is 51.0 Å². The molecule has 0 spiro atoms. The van der Waals surface area contributed by atoms with E-state index in [1.165, 1.54) is 10.6 Å². The van der Waals surface area contributed by atoms with Gasteiger partial charge in [-0.25, -0.2) is 0 Å². The first-order chi connectivity index (χ1) is 16.9. The van der Waals surface area contributed by atoms with Crippen molar-refractivity contribution in [1.82, 2.24) is 15.0 Å². The van der Waals surface area contributed by atoms with E-state index in [1.54, 1.807) is 19.5 Å². The highest BCUT2D eigenvalue weighted by molar-refractivity contribution is 9.10. The number of fused-ring (bicyclic) bond motifs is 2. The van der Waals surface area contributed by atoms with Crippen LogP contribution >= 0.6 is 15.9 Å². The fourth-order valence-electron chi connectivity index (χ4n) is 5.92. The third kappa shape index (κ3) is 4.53. The van der Waals surface area contributed by atoms with Crippen LogP contribution in [0.15, 0.2) is 53.4 Å². The van der Waals surface area contributed by atoms with Gasteiger partial charge in [0.15, 0.2) is 0 Å². The van der Waals surface area contributed by atoms with Crippen molar-refractivity contribution in [2.75, 3.05) is 20.2 Å². The van der Waals surface area contributed by atoms with Crippen LogP contribution in [0.5, 0.6) is 5.75 Å². The van der Waals surface area contributed by atoms with Crippen LogP contribution in [0.2, 0.25) is 0 Å². The Morgan fingerprint density at radius 2 is 1.89 bits per heavy atom. The van der Waals surface area contributed by atoms with Crippen LogP contribution in [0, 0.1) is 12.3 Å². The summed E-state index contributed by atoms with van der Waals surface area (Å²) in [5.41, 5.74) is 5.75. The average molecular weight is 536 g/mol. The molecular weight excluding hydrogens is 506 g/mol. The summed E-state index contributed by atoms with van der Waals surface area (Å²) < 4.78 is 6.89. The maximum absolute atomic E-state index is 14.4. The smallest absolute Gasteiger partial charge is 0.144 e. The molecule has 2 aliphatic rings. The number of piperidine rings is 1. The first kappa shape index (κ1) is 24.1. The zero-order chi connectivity index (χ0) is 24.6. The van der Waals surface area contributed by atoms with Crippen LogP contribution in [-0.2, 0) is 24.1 Å². The van der Waals surface area contributed by atoms with Gasteiger partial charge in [-0.2, -0.15) is 5.06 Å². The number of ketones is 1. The molecule has 35 heavy (non-hydrogen) atoms. The lowest BCUT2D eigenvalue weighted by Crippen LogP contribution is -2.48. The highest BCUT2D eigenvalue weighted by Crippen LogP contribution is 2.54. The van der Waals surface area contributed by atoms with E-state index in [1.807, 2.05) is 18.3 Å². The van der Waals surface area contributed by atoms with Gasteiger partial charge < -0.3 is 9.94 Å². The van der Waals surface area contributed by atoms with Gasteiger partial charge in [0.25, 0.3) is 0 Å². The van der Waals surface area contributed by atoms with Crippen molar-refractivity contribution in [2.45, 2.75) is 44.9 Å². The molecule has 6 nitrogen and oxygen atoms in total. The zero-order valence-corrected chi connectivity index (χ0v) is 21.7. The monoisotopic (exact) mass is 535 g/mol. The third-order valence-electron chi connectivity index (χ3n) is 7.64. The number of benzene rings is 1. The summed E-state index contributed by atoms with van der Waals surface area (Å²) in [4.78, 5) is 23.4. The quantitative estimate of drug-likeness (QED) is 0.491. The number of hydrogen-bond donors (Lipinski definition) is 1. The standard InChI is InChI=1S/C28H30BrN3O3/c1-18-13-20-3-4-21-16-22(29)17-31-27(21)26(25(20)23(14-18)35-2)28(7-11-32(34)12-8-28)24(33)15-19-5-9-30-10-6-19/h5-6,9-10,13-14,16-17,26,34H,3-4,7-8,11-12,15H2,1-2H3. The molecule has 1 N–H and O–H groups in total. The van der Waals surface area contributed by atoms with Gasteiger partial charge in [-0.3, -0.25) is 14.8 Å². The number of halogens is 1. The van der Waals surface area contributed by atoms with Gasteiger partial charge in [0, 0.05) is 59.5 Å². The van der Waals surface area contributed by atoms with Gasteiger partial charge in [-0.15, -0.1) is 0 Å². The lowest BCUT2D eigenvalue weighted by atomic mass is 9.61. The number of aromatic nitrogens is 2. The Hall–Kier alpha value is -2.61. The Bertz CT molecular complexity index is 1240. The summed E-state index contributed by atoms with van der Waals surface area (Å²) in [5.74, 6) is 0.722. The first-order valence-corrected chi connectivity index (χ1v) is 12.9. The topological polar surface area (TPSA) is 75.5 Å². The summed E-state index contributed by atoms with van der Waals surface area (Å²) in [7, 11) is 1.70. The Kier molecular flexibility index (Phi) is 6.75. The zero-order valence-electron chi connectivity index (χ0n) is 20.1. The van der Waals surface area contributed by atoms with Crippen molar-refractivity contribution in [1.29, 1.82) is 0 Å². The predicted molar refractivity (Wildman–Crippen MR) is 137 cm³/mol. The summed E-state index contributed by atoms with van der Waals surface area (Å²) in [6.07, 6.45) is 8.41. The Balaban J connectivity index is 1.74. The van der Waals surface area contributed by atoms with Crippen molar-refractivity contribution >= 4 is 21.7 Å². The molecule has 0 saturated carbocycles. The SMILES string of the molecule is COc1cc(C)cc2c1C(C1(C(=O)Cc3ccncc3)CCN(O)CC1)c1ncc(Br)cc1CC2. The summed E-state index contributed by atoms with van der Waals surface area (Å²) in [6.45, 7) is 2.96. The molecule has 1 atom stereocenters. The van der Waals surface area contributed by atoms with Gasteiger partial charge in [0.05, 0.1) is 12.8 Å². The van der Waals surface area contributed by atoms with Crippen molar-refractivity contribution < 1.29 is 14.7 Å². The minimum Gasteiger partial charge on any atom is -0.496 e. The number of rotatable bonds is 5. The molecule has 3 aromatic rings. The lowest BCUT2D eigenvalue weighted by molar-refractivity contribution is -0.149. The minimum atomic E-state index is -0.723. The second kappa shape index (κ2) is 9.80. The normalized spacial score (nSPS) is 19.4. The molecule has 1 fully saturated rings. The number of aryl methyl sites for hydroxylation is 3. The molecule has 1 aromatic carbocycles. The minimum absolute atomic E-state index is 0.174. The van der Waals surface area contributed by atoms with Crippen LogP contribution in [0.25, 0.3) is 0 Å². The first-order valence-electron chi connectivity index (χ1n) is 12.1. The number of carbonyl (C=O) groups is 1. The van der Waals surface area contributed by atoms with E-state index >= 15 is 0 Å². The van der Waals surface area contributed by atoms with Crippen LogP contribution in [0.4, 0.5) is 0 Å². The highest BCUT2D eigenvalue weighted by atomic mass is 79.9. The van der Waals surface area contributed by atoms with Gasteiger partial charge in [-0.1, -0.05) is 6.07 Å². The van der Waals surface area contributed by atoms with Gasteiger partial charge in [-0.05, 0) is 95.1 Å². The largest absolute Gasteiger partial charge is 0.496 e. The molecule has 0 radical (unpaired) electrons. The molecule has 7 heteroatoms. The fourth-order valence-corrected chi connectivity index (χ4v) is 6.30. The van der Waals surface area contributed by atoms with Crippen molar-refractivity contribution in [3.8, 4) is 5.75 Å². The second-order valence-electron chi connectivity index (χ2n) is 9.74. The Morgan fingerprint density at radius 3 is 2.60 bits per heavy atom. The van der Waals surface area contributed by atoms with E-state index in [0.29, 0.717) is 32.4 Å². The van der Waals surface area contributed by atoms with Crippen molar-refractivity contribution in [2.24, 2.45) is 5.41 Å². The highest BCUT2D eigenvalue weighted by Gasteiger charge is 2.51. The Morgan fingerprint density at radius 1 is 1.17 bits per heavy atom. The maximum Gasteiger partial charge on any atom is 0.144 e. The number of hydroxylamine groups is 2. The molecular formula is C28H30BrN3O3. The molecule has 1 aliphatic heterocycles. The van der Waals surface area contributed by atoms with E-state index < -0.39 is 5.41 Å². The van der Waals surface area contributed by atoms with Crippen molar-refractivity contribution in [3.63, 3.8) is 0 Å². The molecule has 1 unspecified atom stereocenters. The van der Waals surface area contributed by atoms with E-state index in [9.17, 15) is 10.0 Å². The number of carbonyl (C=O) groups excluding carboxylic acids is 1. The molecule has 3 heterocycles. The maximum atomic E-state index is 14.4. The van der Waals surface area contributed by atoms with Gasteiger partial charge in [0.2, 0.25) is 0 Å². The molecule has 5 rings (SSSR count). The number of ether oxygens (including phenoxy) is 1. The summed E-state index contributed by atoms with van der Waals surface area (Å²) >= 11 is 3.60. The van der Waals surface area contributed by atoms with Crippen molar-refractivity contribution in [3.05, 3.63) is 86.9 Å². The number of pyridine rings is 2. The van der Waals surface area contributed by atoms with Gasteiger partial charge >= 0.3 is 0 Å². The van der Waals surface area contributed by atoms with Crippen LogP contribution in [0.3, 0.4) is 0 Å². The van der Waals surface area contributed by atoms with Crippen LogP contribution in [-0.4, -0.2) is 46.2 Å².